The van der Waals surface area contributed by atoms with Crippen LogP contribution in [0.4, 0.5) is 5.69 Å². The highest BCUT2D eigenvalue weighted by Crippen LogP contribution is 2.16. The van der Waals surface area contributed by atoms with Crippen molar-refractivity contribution in [3.63, 3.8) is 0 Å². The second kappa shape index (κ2) is 6.30. The predicted molar refractivity (Wildman–Crippen MR) is 80.9 cm³/mol. The van der Waals surface area contributed by atoms with Gasteiger partial charge in [0.05, 0.1) is 11.4 Å². The van der Waals surface area contributed by atoms with E-state index in [9.17, 15) is 4.79 Å². The third kappa shape index (κ3) is 3.22. The SMILES string of the molecule is Cc1ccc(NC(=O)c2ccccc2CCN)c(C)n1. The van der Waals surface area contributed by atoms with E-state index in [-0.39, 0.29) is 5.91 Å². The molecule has 2 aromatic rings. The smallest absolute Gasteiger partial charge is 0.255 e. The van der Waals surface area contributed by atoms with E-state index in [1.165, 1.54) is 0 Å². The van der Waals surface area contributed by atoms with Crippen LogP contribution in [0.3, 0.4) is 0 Å². The van der Waals surface area contributed by atoms with Crippen LogP contribution in [0.2, 0.25) is 0 Å². The summed E-state index contributed by atoms with van der Waals surface area (Å²) in [5.41, 5.74) is 9.70. The number of nitrogens with zero attached hydrogens (tertiary/aromatic N) is 1. The van der Waals surface area contributed by atoms with E-state index < -0.39 is 0 Å². The van der Waals surface area contributed by atoms with Crippen LogP contribution in [0.15, 0.2) is 36.4 Å². The number of rotatable bonds is 4. The minimum atomic E-state index is -0.122. The molecule has 104 valence electrons. The molecule has 0 aliphatic rings. The van der Waals surface area contributed by atoms with Crippen molar-refractivity contribution in [3.8, 4) is 0 Å². The number of hydrogen-bond donors (Lipinski definition) is 2. The first-order valence-electron chi connectivity index (χ1n) is 6.65. The van der Waals surface area contributed by atoms with E-state index in [0.717, 1.165) is 22.6 Å². The largest absolute Gasteiger partial charge is 0.330 e. The van der Waals surface area contributed by atoms with Crippen LogP contribution < -0.4 is 11.1 Å². The second-order valence-corrected chi connectivity index (χ2v) is 4.74. The molecule has 0 unspecified atom stereocenters. The van der Waals surface area contributed by atoms with Gasteiger partial charge in [-0.25, -0.2) is 0 Å². The third-order valence-corrected chi connectivity index (χ3v) is 3.15. The molecule has 0 saturated carbocycles. The number of aryl methyl sites for hydroxylation is 2. The Morgan fingerprint density at radius 3 is 2.65 bits per heavy atom. The molecule has 1 amide bonds. The minimum absolute atomic E-state index is 0.122. The molecule has 1 aromatic heterocycles. The first-order valence-corrected chi connectivity index (χ1v) is 6.65. The fraction of sp³-hybridized carbons (Fsp3) is 0.250. The number of pyridine rings is 1. The van der Waals surface area contributed by atoms with Crippen LogP contribution in [0.1, 0.15) is 27.3 Å². The molecule has 1 aromatic carbocycles. The van der Waals surface area contributed by atoms with Gasteiger partial charge in [0.2, 0.25) is 0 Å². The van der Waals surface area contributed by atoms with E-state index in [1.54, 1.807) is 0 Å². The Kier molecular flexibility index (Phi) is 4.48. The van der Waals surface area contributed by atoms with E-state index in [1.807, 2.05) is 50.2 Å². The van der Waals surface area contributed by atoms with Gasteiger partial charge in [-0.05, 0) is 50.6 Å². The fourth-order valence-corrected chi connectivity index (χ4v) is 2.12. The van der Waals surface area contributed by atoms with Gasteiger partial charge in [-0.15, -0.1) is 0 Å². The Bertz CT molecular complexity index is 623. The molecule has 3 N–H and O–H groups in total. The maximum absolute atomic E-state index is 12.4. The molecule has 20 heavy (non-hydrogen) atoms. The number of aromatic nitrogens is 1. The van der Waals surface area contributed by atoms with Gasteiger partial charge in [-0.1, -0.05) is 18.2 Å². The monoisotopic (exact) mass is 269 g/mol. The lowest BCUT2D eigenvalue weighted by Crippen LogP contribution is -2.16. The summed E-state index contributed by atoms with van der Waals surface area (Å²) < 4.78 is 0. The van der Waals surface area contributed by atoms with E-state index in [0.29, 0.717) is 18.5 Å². The van der Waals surface area contributed by atoms with Gasteiger partial charge in [0.25, 0.3) is 5.91 Å². The lowest BCUT2D eigenvalue weighted by molar-refractivity contribution is 0.102. The Morgan fingerprint density at radius 1 is 1.20 bits per heavy atom. The number of anilines is 1. The van der Waals surface area contributed by atoms with Crippen LogP contribution in [-0.2, 0) is 6.42 Å². The van der Waals surface area contributed by atoms with Gasteiger partial charge in [-0.2, -0.15) is 0 Å². The predicted octanol–water partition coefficient (Wildman–Crippen LogP) is 2.45. The van der Waals surface area contributed by atoms with E-state index in [4.69, 9.17) is 5.73 Å². The summed E-state index contributed by atoms with van der Waals surface area (Å²) in [6, 6.07) is 11.3. The molecule has 0 radical (unpaired) electrons. The maximum Gasteiger partial charge on any atom is 0.255 e. The molecule has 4 nitrogen and oxygen atoms in total. The second-order valence-electron chi connectivity index (χ2n) is 4.74. The zero-order valence-electron chi connectivity index (χ0n) is 11.8. The quantitative estimate of drug-likeness (QED) is 0.895. The third-order valence-electron chi connectivity index (χ3n) is 3.15. The van der Waals surface area contributed by atoms with E-state index in [2.05, 4.69) is 10.3 Å². The topological polar surface area (TPSA) is 68.0 Å². The number of nitrogens with one attached hydrogen (secondary N) is 1. The summed E-state index contributed by atoms with van der Waals surface area (Å²) >= 11 is 0. The van der Waals surface area contributed by atoms with Gasteiger partial charge >= 0.3 is 0 Å². The molecule has 0 aliphatic heterocycles. The van der Waals surface area contributed by atoms with Gasteiger partial charge in [-0.3, -0.25) is 9.78 Å². The van der Waals surface area contributed by atoms with Crippen molar-refractivity contribution < 1.29 is 4.79 Å². The molecule has 1 heterocycles. The lowest BCUT2D eigenvalue weighted by Gasteiger charge is -2.11. The highest BCUT2D eigenvalue weighted by molar-refractivity contribution is 6.05. The number of carbonyl (C=O) groups is 1. The molecular weight excluding hydrogens is 250 g/mol. The molecule has 0 saturated heterocycles. The van der Waals surface area contributed by atoms with Crippen LogP contribution in [0, 0.1) is 13.8 Å². The van der Waals surface area contributed by atoms with Gasteiger partial charge in [0, 0.05) is 11.3 Å². The van der Waals surface area contributed by atoms with E-state index >= 15 is 0 Å². The highest BCUT2D eigenvalue weighted by Gasteiger charge is 2.12. The van der Waals surface area contributed by atoms with Crippen LogP contribution in [0.25, 0.3) is 0 Å². The van der Waals surface area contributed by atoms with Crippen molar-refractivity contribution in [2.24, 2.45) is 5.73 Å². The number of carbonyl (C=O) groups excluding carboxylic acids is 1. The fourth-order valence-electron chi connectivity index (χ4n) is 2.12. The van der Waals surface area contributed by atoms with Crippen molar-refractivity contribution in [1.29, 1.82) is 0 Å². The average molecular weight is 269 g/mol. The van der Waals surface area contributed by atoms with Crippen molar-refractivity contribution in [2.75, 3.05) is 11.9 Å². The molecule has 0 fully saturated rings. The zero-order valence-corrected chi connectivity index (χ0v) is 11.8. The van der Waals surface area contributed by atoms with Crippen molar-refractivity contribution >= 4 is 11.6 Å². The maximum atomic E-state index is 12.4. The normalized spacial score (nSPS) is 10.3. The number of nitrogens with two attached hydrogens (primary N) is 1. The molecule has 0 atom stereocenters. The van der Waals surface area contributed by atoms with Crippen LogP contribution in [-0.4, -0.2) is 17.4 Å². The van der Waals surface area contributed by atoms with Crippen molar-refractivity contribution in [3.05, 3.63) is 58.9 Å². The highest BCUT2D eigenvalue weighted by atomic mass is 16.1. The Hall–Kier alpha value is -2.20. The zero-order chi connectivity index (χ0) is 14.5. The van der Waals surface area contributed by atoms with Crippen LogP contribution >= 0.6 is 0 Å². The molecular formula is C16H19N3O. The lowest BCUT2D eigenvalue weighted by atomic mass is 10.0. The molecule has 0 aliphatic carbocycles. The van der Waals surface area contributed by atoms with Crippen molar-refractivity contribution in [2.45, 2.75) is 20.3 Å². The molecule has 4 heteroatoms. The summed E-state index contributed by atoms with van der Waals surface area (Å²) in [7, 11) is 0. The first kappa shape index (κ1) is 14.2. The van der Waals surface area contributed by atoms with Crippen LogP contribution in [0.5, 0.6) is 0 Å². The van der Waals surface area contributed by atoms with Gasteiger partial charge in [0.15, 0.2) is 0 Å². The standard InChI is InChI=1S/C16H19N3O/c1-11-7-8-15(12(2)18-11)19-16(20)14-6-4-3-5-13(14)9-10-17/h3-8H,9-10,17H2,1-2H3,(H,19,20). The number of hydrogen-bond acceptors (Lipinski definition) is 3. The molecule has 0 bridgehead atoms. The summed E-state index contributed by atoms with van der Waals surface area (Å²) in [6.07, 6.45) is 0.689. The Labute approximate surface area is 119 Å². The van der Waals surface area contributed by atoms with Gasteiger partial charge < -0.3 is 11.1 Å². The average Bonchev–Trinajstić information content (AvgIpc) is 2.43. The summed E-state index contributed by atoms with van der Waals surface area (Å²) in [5.74, 6) is -0.122. The molecule has 0 spiro atoms. The summed E-state index contributed by atoms with van der Waals surface area (Å²) in [5, 5.41) is 2.91. The Balaban J connectivity index is 2.24. The summed E-state index contributed by atoms with van der Waals surface area (Å²) in [6.45, 7) is 4.33. The minimum Gasteiger partial charge on any atom is -0.330 e. The Morgan fingerprint density at radius 2 is 1.95 bits per heavy atom. The van der Waals surface area contributed by atoms with Gasteiger partial charge in [0.1, 0.15) is 0 Å². The molecule has 2 rings (SSSR count). The van der Waals surface area contributed by atoms with Crippen molar-refractivity contribution in [1.82, 2.24) is 4.98 Å². The summed E-state index contributed by atoms with van der Waals surface area (Å²) in [4.78, 5) is 16.7. The number of amides is 1. The first-order chi connectivity index (χ1) is 9.61. The number of benzene rings is 1.